The van der Waals surface area contributed by atoms with Gasteiger partial charge in [-0.15, -0.1) is 11.3 Å². The number of rotatable bonds is 4. The van der Waals surface area contributed by atoms with Crippen molar-refractivity contribution in [1.29, 1.82) is 0 Å². The van der Waals surface area contributed by atoms with Gasteiger partial charge in [-0.25, -0.2) is 14.8 Å². The summed E-state index contributed by atoms with van der Waals surface area (Å²) in [4.78, 5) is 19.8. The van der Waals surface area contributed by atoms with Crippen LogP contribution in [0.3, 0.4) is 0 Å². The number of aromatic nitrogens is 2. The second-order valence-electron chi connectivity index (χ2n) is 4.11. The van der Waals surface area contributed by atoms with Crippen LogP contribution in [0.25, 0.3) is 0 Å². The lowest BCUT2D eigenvalue weighted by Gasteiger charge is -2.13. The normalized spacial score (nSPS) is 11.9. The predicted octanol–water partition coefficient (Wildman–Crippen LogP) is 2.81. The highest BCUT2D eigenvalue weighted by molar-refractivity contribution is 7.09. The summed E-state index contributed by atoms with van der Waals surface area (Å²) in [6.07, 6.45) is 1.58. The Bertz CT molecular complexity index is 583. The summed E-state index contributed by atoms with van der Waals surface area (Å²) in [5.41, 5.74) is 2.12. The lowest BCUT2D eigenvalue weighted by Crippen LogP contribution is -2.09. The number of aryl methyl sites for hydroxylation is 1. The Kier molecular flexibility index (Phi) is 4.11. The first-order valence-corrected chi connectivity index (χ1v) is 6.71. The molecule has 19 heavy (non-hydrogen) atoms. The molecule has 0 spiro atoms. The van der Waals surface area contributed by atoms with E-state index in [1.807, 2.05) is 25.3 Å². The number of anilines is 1. The van der Waals surface area contributed by atoms with E-state index < -0.39 is 5.97 Å². The van der Waals surface area contributed by atoms with Gasteiger partial charge in [0.2, 0.25) is 0 Å². The number of thiazole rings is 1. The number of carbonyl (C=O) groups excluding carboxylic acids is 1. The van der Waals surface area contributed by atoms with Crippen molar-refractivity contribution in [1.82, 2.24) is 9.97 Å². The molecule has 2 heterocycles. The van der Waals surface area contributed by atoms with Crippen LogP contribution in [0.5, 0.6) is 0 Å². The van der Waals surface area contributed by atoms with Crippen molar-refractivity contribution in [2.75, 3.05) is 12.4 Å². The van der Waals surface area contributed by atoms with E-state index in [1.165, 1.54) is 7.11 Å². The number of ether oxygens (including phenoxy) is 1. The van der Waals surface area contributed by atoms with Crippen LogP contribution >= 0.6 is 11.3 Å². The van der Waals surface area contributed by atoms with Gasteiger partial charge in [0.15, 0.2) is 0 Å². The van der Waals surface area contributed by atoms with Crippen molar-refractivity contribution in [3.05, 3.63) is 40.1 Å². The number of hydrogen-bond acceptors (Lipinski definition) is 6. The van der Waals surface area contributed by atoms with Crippen molar-refractivity contribution >= 4 is 23.0 Å². The molecule has 0 saturated heterocycles. The van der Waals surface area contributed by atoms with Gasteiger partial charge < -0.3 is 10.1 Å². The van der Waals surface area contributed by atoms with Crippen molar-refractivity contribution in [3.8, 4) is 0 Å². The minimum atomic E-state index is -0.443. The van der Waals surface area contributed by atoms with Gasteiger partial charge in [0.05, 0.1) is 13.2 Å². The minimum absolute atomic E-state index is 0.0756. The minimum Gasteiger partial charge on any atom is -0.464 e. The van der Waals surface area contributed by atoms with E-state index in [0.29, 0.717) is 0 Å². The molecule has 2 aromatic rings. The topological polar surface area (TPSA) is 64.1 Å². The Morgan fingerprint density at radius 2 is 2.32 bits per heavy atom. The second kappa shape index (κ2) is 5.79. The molecule has 0 amide bonds. The molecule has 0 radical (unpaired) electrons. The molecule has 0 aromatic carbocycles. The zero-order valence-electron chi connectivity index (χ0n) is 11.0. The highest BCUT2D eigenvalue weighted by Crippen LogP contribution is 2.22. The van der Waals surface area contributed by atoms with Crippen molar-refractivity contribution in [2.45, 2.75) is 19.9 Å². The number of methoxy groups -OCH3 is 1. The Morgan fingerprint density at radius 3 is 2.95 bits per heavy atom. The maximum atomic E-state index is 11.4. The quantitative estimate of drug-likeness (QED) is 0.871. The van der Waals surface area contributed by atoms with Gasteiger partial charge in [-0.05, 0) is 26.0 Å². The summed E-state index contributed by atoms with van der Waals surface area (Å²) in [6, 6.07) is 3.55. The molecular formula is C13H15N3O2S. The predicted molar refractivity (Wildman–Crippen MR) is 74.5 cm³/mol. The average molecular weight is 277 g/mol. The van der Waals surface area contributed by atoms with Gasteiger partial charge in [0.1, 0.15) is 10.7 Å². The highest BCUT2D eigenvalue weighted by Gasteiger charge is 2.11. The second-order valence-corrected chi connectivity index (χ2v) is 5.00. The number of hydrogen-bond donors (Lipinski definition) is 1. The summed E-state index contributed by atoms with van der Waals surface area (Å²) in [7, 11) is 1.34. The molecule has 2 aromatic heterocycles. The summed E-state index contributed by atoms with van der Waals surface area (Å²) in [5, 5.41) is 6.31. The number of pyridine rings is 1. The molecule has 0 saturated carbocycles. The van der Waals surface area contributed by atoms with E-state index in [4.69, 9.17) is 0 Å². The molecule has 0 aliphatic rings. The smallest absolute Gasteiger partial charge is 0.356 e. The fraction of sp³-hybridized carbons (Fsp3) is 0.308. The van der Waals surface area contributed by atoms with Gasteiger partial charge in [-0.1, -0.05) is 0 Å². The number of carbonyl (C=O) groups is 1. The first-order chi connectivity index (χ1) is 9.10. The molecule has 0 aliphatic heterocycles. The van der Waals surface area contributed by atoms with Crippen LogP contribution in [-0.4, -0.2) is 23.0 Å². The third-order valence-electron chi connectivity index (χ3n) is 2.54. The van der Waals surface area contributed by atoms with Crippen molar-refractivity contribution < 1.29 is 9.53 Å². The summed E-state index contributed by atoms with van der Waals surface area (Å²) in [5.74, 6) is -0.443. The first-order valence-electron chi connectivity index (χ1n) is 5.83. The fourth-order valence-electron chi connectivity index (χ4n) is 1.62. The van der Waals surface area contributed by atoms with Crippen LogP contribution in [0.4, 0.5) is 5.69 Å². The van der Waals surface area contributed by atoms with E-state index in [1.54, 1.807) is 23.6 Å². The molecule has 6 heteroatoms. The van der Waals surface area contributed by atoms with E-state index >= 15 is 0 Å². The van der Waals surface area contributed by atoms with Gasteiger partial charge in [-0.3, -0.25) is 0 Å². The van der Waals surface area contributed by atoms with Crippen molar-refractivity contribution in [2.24, 2.45) is 0 Å². The Morgan fingerprint density at radius 1 is 1.53 bits per heavy atom. The maximum Gasteiger partial charge on any atom is 0.356 e. The van der Waals surface area contributed by atoms with Crippen LogP contribution in [0.2, 0.25) is 0 Å². The van der Waals surface area contributed by atoms with Gasteiger partial charge in [0, 0.05) is 23.0 Å². The van der Waals surface area contributed by atoms with Crippen LogP contribution in [-0.2, 0) is 4.74 Å². The Hall–Kier alpha value is -1.95. The first kappa shape index (κ1) is 13.5. The molecule has 0 aliphatic carbocycles. The lowest BCUT2D eigenvalue weighted by atomic mass is 10.2. The van der Waals surface area contributed by atoms with E-state index in [2.05, 4.69) is 20.0 Å². The van der Waals surface area contributed by atoms with Crippen LogP contribution < -0.4 is 5.32 Å². The third-order valence-corrected chi connectivity index (χ3v) is 3.69. The van der Waals surface area contributed by atoms with E-state index in [-0.39, 0.29) is 11.7 Å². The molecule has 1 atom stereocenters. The van der Waals surface area contributed by atoms with Gasteiger partial charge in [-0.2, -0.15) is 0 Å². The average Bonchev–Trinajstić information content (AvgIpc) is 2.85. The van der Waals surface area contributed by atoms with Crippen LogP contribution in [0.1, 0.15) is 34.2 Å². The number of nitrogens with zero attached hydrogens (tertiary/aromatic N) is 2. The van der Waals surface area contributed by atoms with Gasteiger partial charge >= 0.3 is 5.97 Å². The highest BCUT2D eigenvalue weighted by atomic mass is 32.1. The molecule has 0 fully saturated rings. The molecule has 100 valence electrons. The van der Waals surface area contributed by atoms with Crippen LogP contribution in [0, 0.1) is 6.92 Å². The largest absolute Gasteiger partial charge is 0.464 e. The SMILES string of the molecule is COC(=O)c1cc(NC(C)c2nc(C)cs2)ccn1. The molecule has 5 nitrogen and oxygen atoms in total. The monoisotopic (exact) mass is 277 g/mol. The standard InChI is InChI=1S/C13H15N3O2S/c1-8-7-19-12(15-8)9(2)16-10-4-5-14-11(6-10)13(17)18-3/h4-7,9H,1-3H3,(H,14,16). The summed E-state index contributed by atoms with van der Waals surface area (Å²) < 4.78 is 4.64. The summed E-state index contributed by atoms with van der Waals surface area (Å²) in [6.45, 7) is 3.99. The maximum absolute atomic E-state index is 11.4. The lowest BCUT2D eigenvalue weighted by molar-refractivity contribution is 0.0594. The van der Waals surface area contributed by atoms with E-state index in [0.717, 1.165) is 16.4 Å². The number of nitrogens with one attached hydrogen (secondary N) is 1. The molecular weight excluding hydrogens is 262 g/mol. The Balaban J connectivity index is 2.12. The van der Waals surface area contributed by atoms with E-state index in [9.17, 15) is 4.79 Å². The zero-order chi connectivity index (χ0) is 13.8. The van der Waals surface area contributed by atoms with Gasteiger partial charge in [0.25, 0.3) is 0 Å². The zero-order valence-corrected chi connectivity index (χ0v) is 11.8. The number of esters is 1. The Labute approximate surface area is 115 Å². The molecule has 1 unspecified atom stereocenters. The molecule has 2 rings (SSSR count). The molecule has 0 bridgehead atoms. The third kappa shape index (κ3) is 3.29. The van der Waals surface area contributed by atoms with Crippen LogP contribution in [0.15, 0.2) is 23.7 Å². The summed E-state index contributed by atoms with van der Waals surface area (Å²) >= 11 is 1.61. The molecule has 1 N–H and O–H groups in total. The van der Waals surface area contributed by atoms with Crippen molar-refractivity contribution in [3.63, 3.8) is 0 Å². The fourth-order valence-corrected chi connectivity index (χ4v) is 2.42.